The molecule has 0 aromatic heterocycles. The Hall–Kier alpha value is -2.33. The molecule has 2 rings (SSSR count). The van der Waals surface area contributed by atoms with Crippen molar-refractivity contribution in [1.29, 1.82) is 0 Å². The molecule has 5 heteroatoms. The molecule has 0 spiro atoms. The standard InChI is InChI=1S/C25H33ClN2O2/c1-5-19-7-9-20(10-8-19)13-16-24(29)28(17-21-11-14-22(26)15-12-21)23(6-2)25(30)27-18(3)4/h7-12,14-15,18,23H,5-6,13,16-17H2,1-4H3,(H,27,30). The Labute approximate surface area is 185 Å². The molecule has 0 aliphatic carbocycles. The first kappa shape index (κ1) is 23.9. The number of hydrogen-bond donors (Lipinski definition) is 1. The molecule has 0 aliphatic rings. The van der Waals surface area contributed by atoms with Crippen molar-refractivity contribution in [1.82, 2.24) is 10.2 Å². The highest BCUT2D eigenvalue weighted by Gasteiger charge is 2.28. The predicted molar refractivity (Wildman–Crippen MR) is 124 cm³/mol. The third-order valence-corrected chi connectivity index (χ3v) is 5.39. The molecule has 0 saturated carbocycles. The number of halogens is 1. The first-order valence-electron chi connectivity index (χ1n) is 10.8. The fourth-order valence-electron chi connectivity index (χ4n) is 3.42. The highest BCUT2D eigenvalue weighted by Crippen LogP contribution is 2.17. The zero-order chi connectivity index (χ0) is 22.1. The molecule has 0 radical (unpaired) electrons. The lowest BCUT2D eigenvalue weighted by Crippen LogP contribution is -2.50. The number of amides is 2. The van der Waals surface area contributed by atoms with Crippen molar-refractivity contribution in [2.24, 2.45) is 0 Å². The van der Waals surface area contributed by atoms with Crippen LogP contribution in [0.25, 0.3) is 0 Å². The second-order valence-corrected chi connectivity index (χ2v) is 8.34. The molecule has 2 aromatic rings. The quantitative estimate of drug-likeness (QED) is 0.567. The number of carbonyl (C=O) groups excluding carboxylic acids is 2. The Kier molecular flexibility index (Phi) is 9.38. The molecule has 2 amide bonds. The van der Waals surface area contributed by atoms with E-state index in [1.165, 1.54) is 5.56 Å². The van der Waals surface area contributed by atoms with E-state index < -0.39 is 6.04 Å². The number of hydrogen-bond acceptors (Lipinski definition) is 2. The van der Waals surface area contributed by atoms with Crippen molar-refractivity contribution in [3.8, 4) is 0 Å². The van der Waals surface area contributed by atoms with Gasteiger partial charge in [-0.15, -0.1) is 0 Å². The van der Waals surface area contributed by atoms with Gasteiger partial charge in [0.05, 0.1) is 0 Å². The Balaban J connectivity index is 2.17. The Morgan fingerprint density at radius 3 is 2.03 bits per heavy atom. The van der Waals surface area contributed by atoms with Crippen LogP contribution in [0, 0.1) is 0 Å². The highest BCUT2D eigenvalue weighted by molar-refractivity contribution is 6.30. The third kappa shape index (κ3) is 7.17. The van der Waals surface area contributed by atoms with Gasteiger partial charge < -0.3 is 10.2 Å². The summed E-state index contributed by atoms with van der Waals surface area (Å²) in [5, 5.41) is 3.61. The Bertz CT molecular complexity index is 816. The van der Waals surface area contributed by atoms with Gasteiger partial charge in [-0.3, -0.25) is 9.59 Å². The van der Waals surface area contributed by atoms with Gasteiger partial charge in [0.1, 0.15) is 6.04 Å². The van der Waals surface area contributed by atoms with Crippen LogP contribution in [0.1, 0.15) is 57.2 Å². The van der Waals surface area contributed by atoms with Gasteiger partial charge in [0.2, 0.25) is 11.8 Å². The van der Waals surface area contributed by atoms with E-state index in [9.17, 15) is 9.59 Å². The van der Waals surface area contributed by atoms with Crippen LogP contribution < -0.4 is 5.32 Å². The van der Waals surface area contributed by atoms with E-state index >= 15 is 0 Å². The van der Waals surface area contributed by atoms with Crippen molar-refractivity contribution >= 4 is 23.4 Å². The molecule has 1 atom stereocenters. The van der Waals surface area contributed by atoms with E-state index in [0.29, 0.717) is 30.8 Å². The van der Waals surface area contributed by atoms with Gasteiger partial charge >= 0.3 is 0 Å². The number of aryl methyl sites for hydroxylation is 2. The van der Waals surface area contributed by atoms with Crippen LogP contribution in [0.15, 0.2) is 48.5 Å². The van der Waals surface area contributed by atoms with Crippen molar-refractivity contribution in [2.45, 2.75) is 72.0 Å². The predicted octanol–water partition coefficient (Wildman–Crippen LogP) is 5.17. The molecule has 0 aliphatic heterocycles. The fraction of sp³-hybridized carbons (Fsp3) is 0.440. The number of nitrogens with zero attached hydrogens (tertiary/aromatic N) is 1. The van der Waals surface area contributed by atoms with Crippen LogP contribution in [0.5, 0.6) is 0 Å². The summed E-state index contributed by atoms with van der Waals surface area (Å²) in [5.74, 6) is -0.127. The summed E-state index contributed by atoms with van der Waals surface area (Å²) < 4.78 is 0. The lowest BCUT2D eigenvalue weighted by molar-refractivity contribution is -0.141. The van der Waals surface area contributed by atoms with Crippen LogP contribution in [0.2, 0.25) is 5.02 Å². The number of nitrogens with one attached hydrogen (secondary N) is 1. The van der Waals surface area contributed by atoms with E-state index in [1.54, 1.807) is 4.90 Å². The van der Waals surface area contributed by atoms with Gasteiger partial charge in [0.15, 0.2) is 0 Å². The minimum absolute atomic E-state index is 0.0183. The zero-order valence-corrected chi connectivity index (χ0v) is 19.2. The lowest BCUT2D eigenvalue weighted by atomic mass is 10.0. The van der Waals surface area contributed by atoms with Gasteiger partial charge in [-0.05, 0) is 61.9 Å². The summed E-state index contributed by atoms with van der Waals surface area (Å²) in [6, 6.07) is 15.3. The first-order chi connectivity index (χ1) is 14.3. The minimum Gasteiger partial charge on any atom is -0.352 e. The number of rotatable bonds is 10. The van der Waals surface area contributed by atoms with Crippen molar-refractivity contribution in [3.63, 3.8) is 0 Å². The van der Waals surface area contributed by atoms with Crippen LogP contribution >= 0.6 is 11.6 Å². The molecule has 4 nitrogen and oxygen atoms in total. The smallest absolute Gasteiger partial charge is 0.243 e. The van der Waals surface area contributed by atoms with Crippen molar-refractivity contribution in [3.05, 3.63) is 70.2 Å². The summed E-state index contributed by atoms with van der Waals surface area (Å²) in [6.07, 6.45) is 2.58. The highest BCUT2D eigenvalue weighted by atomic mass is 35.5. The second-order valence-electron chi connectivity index (χ2n) is 7.91. The molecule has 2 aromatic carbocycles. The van der Waals surface area contributed by atoms with E-state index in [0.717, 1.165) is 17.5 Å². The molecular formula is C25H33ClN2O2. The molecular weight excluding hydrogens is 396 g/mol. The maximum Gasteiger partial charge on any atom is 0.243 e. The van der Waals surface area contributed by atoms with Crippen LogP contribution in [-0.2, 0) is 29.0 Å². The Morgan fingerprint density at radius 1 is 0.933 bits per heavy atom. The molecule has 0 fully saturated rings. The molecule has 0 saturated heterocycles. The van der Waals surface area contributed by atoms with Crippen LogP contribution in [0.4, 0.5) is 0 Å². The summed E-state index contributed by atoms with van der Waals surface area (Å²) in [4.78, 5) is 27.7. The van der Waals surface area contributed by atoms with Crippen LogP contribution in [-0.4, -0.2) is 28.8 Å². The lowest BCUT2D eigenvalue weighted by Gasteiger charge is -2.31. The maximum atomic E-state index is 13.2. The fourth-order valence-corrected chi connectivity index (χ4v) is 3.55. The Morgan fingerprint density at radius 2 is 1.50 bits per heavy atom. The van der Waals surface area contributed by atoms with E-state index in [1.807, 2.05) is 45.0 Å². The van der Waals surface area contributed by atoms with E-state index in [4.69, 9.17) is 11.6 Å². The normalized spacial score (nSPS) is 11.9. The minimum atomic E-state index is -0.502. The third-order valence-electron chi connectivity index (χ3n) is 5.14. The van der Waals surface area contributed by atoms with E-state index in [-0.39, 0.29) is 17.9 Å². The average Bonchev–Trinajstić information content (AvgIpc) is 2.73. The first-order valence-corrected chi connectivity index (χ1v) is 11.1. The monoisotopic (exact) mass is 428 g/mol. The van der Waals surface area contributed by atoms with Crippen LogP contribution in [0.3, 0.4) is 0 Å². The molecule has 1 N–H and O–H groups in total. The molecule has 30 heavy (non-hydrogen) atoms. The molecule has 1 unspecified atom stereocenters. The van der Waals surface area contributed by atoms with Gasteiger partial charge in [0.25, 0.3) is 0 Å². The van der Waals surface area contributed by atoms with E-state index in [2.05, 4.69) is 36.5 Å². The van der Waals surface area contributed by atoms with Gasteiger partial charge in [-0.25, -0.2) is 0 Å². The molecule has 162 valence electrons. The largest absolute Gasteiger partial charge is 0.352 e. The molecule has 0 bridgehead atoms. The van der Waals surface area contributed by atoms with Gasteiger partial charge in [0, 0.05) is 24.0 Å². The molecule has 0 heterocycles. The topological polar surface area (TPSA) is 49.4 Å². The average molecular weight is 429 g/mol. The summed E-state index contributed by atoms with van der Waals surface area (Å²) in [5.41, 5.74) is 3.37. The van der Waals surface area contributed by atoms with Crippen molar-refractivity contribution in [2.75, 3.05) is 0 Å². The summed E-state index contributed by atoms with van der Waals surface area (Å²) in [6.45, 7) is 8.30. The maximum absolute atomic E-state index is 13.2. The van der Waals surface area contributed by atoms with Gasteiger partial charge in [-0.2, -0.15) is 0 Å². The summed E-state index contributed by atoms with van der Waals surface area (Å²) in [7, 11) is 0. The zero-order valence-electron chi connectivity index (χ0n) is 18.5. The van der Waals surface area contributed by atoms with Gasteiger partial charge in [-0.1, -0.05) is 61.8 Å². The van der Waals surface area contributed by atoms with Crippen molar-refractivity contribution < 1.29 is 9.59 Å². The number of benzene rings is 2. The summed E-state index contributed by atoms with van der Waals surface area (Å²) >= 11 is 6.00. The SMILES string of the molecule is CCc1ccc(CCC(=O)N(Cc2ccc(Cl)cc2)C(CC)C(=O)NC(C)C)cc1. The second kappa shape index (κ2) is 11.8. The number of carbonyl (C=O) groups is 2.